The van der Waals surface area contributed by atoms with Crippen LogP contribution in [-0.2, 0) is 24.1 Å². The number of methoxy groups -OCH3 is 1. The fourth-order valence-corrected chi connectivity index (χ4v) is 6.21. The molecular weight excluding hydrogens is 490 g/mol. The molecule has 0 unspecified atom stereocenters. The number of esters is 1. The molecule has 0 saturated heterocycles. The van der Waals surface area contributed by atoms with Crippen LogP contribution < -0.4 is 16.4 Å². The summed E-state index contributed by atoms with van der Waals surface area (Å²) in [6, 6.07) is 6.74. The number of rotatable bonds is 7. The highest BCUT2D eigenvalue weighted by Crippen LogP contribution is 2.38. The molecule has 0 radical (unpaired) electrons. The van der Waals surface area contributed by atoms with Crippen LogP contribution in [0, 0.1) is 5.41 Å². The Bertz CT molecular complexity index is 1650. The van der Waals surface area contributed by atoms with E-state index in [-0.39, 0.29) is 22.0 Å². The van der Waals surface area contributed by atoms with Gasteiger partial charge in [-0.25, -0.2) is 9.78 Å². The van der Waals surface area contributed by atoms with Crippen LogP contribution >= 0.6 is 11.3 Å². The summed E-state index contributed by atoms with van der Waals surface area (Å²) >= 11 is 1.39. The van der Waals surface area contributed by atoms with E-state index in [0.29, 0.717) is 28.4 Å². The molecule has 9 nitrogen and oxygen atoms in total. The molecule has 37 heavy (non-hydrogen) atoms. The van der Waals surface area contributed by atoms with Gasteiger partial charge in [-0.15, -0.1) is 11.3 Å². The molecule has 2 N–H and O–H groups in total. The van der Waals surface area contributed by atoms with Crippen molar-refractivity contribution in [3.8, 4) is 0 Å². The van der Waals surface area contributed by atoms with E-state index < -0.39 is 11.9 Å². The maximum atomic E-state index is 13.6. The van der Waals surface area contributed by atoms with Gasteiger partial charge in [-0.2, -0.15) is 0 Å². The molecule has 0 fully saturated rings. The van der Waals surface area contributed by atoms with E-state index in [1.54, 1.807) is 29.0 Å². The fourth-order valence-electron chi connectivity index (χ4n) is 4.94. The number of aryl methyl sites for hydroxylation is 2. The number of aromatic nitrogens is 3. The lowest BCUT2D eigenvalue weighted by molar-refractivity contribution is 0.0601. The number of unbranched alkanes of at least 4 members (excludes halogenated alkanes) is 2. The summed E-state index contributed by atoms with van der Waals surface area (Å²) in [5.74, 6) is -1.03. The van der Waals surface area contributed by atoms with Crippen molar-refractivity contribution in [2.24, 2.45) is 0 Å². The maximum absolute atomic E-state index is 13.6. The van der Waals surface area contributed by atoms with Gasteiger partial charge in [-0.05, 0) is 55.9 Å². The number of fused-ring (bicyclic) bond motifs is 3. The van der Waals surface area contributed by atoms with Gasteiger partial charge in [0.05, 0.1) is 23.6 Å². The van der Waals surface area contributed by atoms with E-state index in [4.69, 9.17) is 10.1 Å². The lowest BCUT2D eigenvalue weighted by atomic mass is 9.95. The number of hydrogen-bond donors (Lipinski definition) is 2. The molecule has 0 spiro atoms. The van der Waals surface area contributed by atoms with Crippen molar-refractivity contribution < 1.29 is 14.3 Å². The molecular formula is C27H29N5O4S. The zero-order valence-corrected chi connectivity index (χ0v) is 21.7. The van der Waals surface area contributed by atoms with Crippen molar-refractivity contribution in [3.05, 3.63) is 67.9 Å². The Labute approximate surface area is 217 Å². The van der Waals surface area contributed by atoms with Gasteiger partial charge in [-0.3, -0.25) is 19.4 Å². The van der Waals surface area contributed by atoms with Gasteiger partial charge in [0.25, 0.3) is 11.5 Å². The second-order valence-electron chi connectivity index (χ2n) is 9.21. The Balaban J connectivity index is 1.65. The predicted molar refractivity (Wildman–Crippen MR) is 143 cm³/mol. The SMILES string of the molecule is CCCCCn1c(=N)c(C(=O)Nc2sc3c(c2C(=O)OC)CCCC3)cc2c(=O)n3ccccc3nc21. The van der Waals surface area contributed by atoms with Crippen LogP contribution in [0.15, 0.2) is 35.3 Å². The Hall–Kier alpha value is -3.79. The third-order valence-electron chi connectivity index (χ3n) is 6.84. The van der Waals surface area contributed by atoms with Crippen molar-refractivity contribution in [2.45, 2.75) is 58.4 Å². The second kappa shape index (κ2) is 10.3. The number of thiophene rings is 1. The van der Waals surface area contributed by atoms with Gasteiger partial charge in [0.2, 0.25) is 0 Å². The Morgan fingerprint density at radius 3 is 2.81 bits per heavy atom. The van der Waals surface area contributed by atoms with Gasteiger partial charge in [0.1, 0.15) is 21.8 Å². The summed E-state index contributed by atoms with van der Waals surface area (Å²) in [6.45, 7) is 2.55. The minimum absolute atomic E-state index is 0.0192. The molecule has 0 saturated carbocycles. The van der Waals surface area contributed by atoms with E-state index in [0.717, 1.165) is 55.4 Å². The third kappa shape index (κ3) is 4.46. The average Bonchev–Trinajstić information content (AvgIpc) is 3.27. The first-order chi connectivity index (χ1) is 17.9. The van der Waals surface area contributed by atoms with Crippen LogP contribution in [0.3, 0.4) is 0 Å². The number of amides is 1. The van der Waals surface area contributed by atoms with Gasteiger partial charge >= 0.3 is 5.97 Å². The highest BCUT2D eigenvalue weighted by molar-refractivity contribution is 7.17. The lowest BCUT2D eigenvalue weighted by Gasteiger charge is -2.15. The molecule has 1 amide bonds. The quantitative estimate of drug-likeness (QED) is 0.214. The van der Waals surface area contributed by atoms with E-state index in [1.807, 2.05) is 0 Å². The van der Waals surface area contributed by atoms with Crippen LogP contribution in [0.4, 0.5) is 5.00 Å². The molecule has 4 heterocycles. The summed E-state index contributed by atoms with van der Waals surface area (Å²) in [4.78, 5) is 45.4. The number of nitrogens with zero attached hydrogens (tertiary/aromatic N) is 3. The summed E-state index contributed by atoms with van der Waals surface area (Å²) in [6.07, 6.45) is 7.98. The molecule has 5 rings (SSSR count). The first kappa shape index (κ1) is 24.9. The maximum Gasteiger partial charge on any atom is 0.341 e. The smallest absolute Gasteiger partial charge is 0.341 e. The van der Waals surface area contributed by atoms with Gasteiger partial charge in [-0.1, -0.05) is 25.8 Å². The van der Waals surface area contributed by atoms with Crippen LogP contribution in [0.1, 0.15) is 70.2 Å². The molecule has 4 aromatic rings. The van der Waals surface area contributed by atoms with Gasteiger partial charge < -0.3 is 14.6 Å². The van der Waals surface area contributed by atoms with Crippen molar-refractivity contribution in [2.75, 3.05) is 12.4 Å². The Kier molecular flexibility index (Phi) is 6.92. The van der Waals surface area contributed by atoms with Gasteiger partial charge in [0.15, 0.2) is 0 Å². The minimum Gasteiger partial charge on any atom is -0.465 e. The molecule has 1 aliphatic carbocycles. The summed E-state index contributed by atoms with van der Waals surface area (Å²) in [7, 11) is 1.33. The van der Waals surface area contributed by atoms with Crippen LogP contribution in [0.2, 0.25) is 0 Å². The number of pyridine rings is 2. The first-order valence-electron chi connectivity index (χ1n) is 12.6. The normalized spacial score (nSPS) is 13.0. The number of carbonyl (C=O) groups excluding carboxylic acids is 2. The van der Waals surface area contributed by atoms with E-state index in [9.17, 15) is 14.4 Å². The molecule has 4 aromatic heterocycles. The van der Waals surface area contributed by atoms with Crippen LogP contribution in [0.25, 0.3) is 16.7 Å². The second-order valence-corrected chi connectivity index (χ2v) is 10.3. The number of carbonyl (C=O) groups is 2. The number of ether oxygens (including phenoxy) is 1. The summed E-state index contributed by atoms with van der Waals surface area (Å²) in [5.41, 5.74) is 1.93. The van der Waals surface area contributed by atoms with E-state index in [1.165, 1.54) is 28.9 Å². The van der Waals surface area contributed by atoms with Crippen LogP contribution in [-0.4, -0.2) is 32.9 Å². The van der Waals surface area contributed by atoms with Crippen molar-refractivity contribution >= 4 is 44.9 Å². The predicted octanol–water partition coefficient (Wildman–Crippen LogP) is 4.30. The highest BCUT2D eigenvalue weighted by atomic mass is 32.1. The summed E-state index contributed by atoms with van der Waals surface area (Å²) < 4.78 is 8.11. The van der Waals surface area contributed by atoms with Crippen molar-refractivity contribution in [1.29, 1.82) is 5.41 Å². The molecule has 1 aliphatic rings. The third-order valence-corrected chi connectivity index (χ3v) is 8.04. The highest BCUT2D eigenvalue weighted by Gasteiger charge is 2.28. The largest absolute Gasteiger partial charge is 0.465 e. The molecule has 0 atom stereocenters. The van der Waals surface area contributed by atoms with E-state index in [2.05, 4.69) is 17.2 Å². The topological polar surface area (TPSA) is 119 Å². The Morgan fingerprint density at radius 2 is 2.03 bits per heavy atom. The van der Waals surface area contributed by atoms with Crippen LogP contribution in [0.5, 0.6) is 0 Å². The average molecular weight is 520 g/mol. The molecule has 0 aliphatic heterocycles. The zero-order valence-electron chi connectivity index (χ0n) is 20.9. The number of hydrogen-bond acceptors (Lipinski definition) is 7. The Morgan fingerprint density at radius 1 is 1.22 bits per heavy atom. The molecule has 10 heteroatoms. The summed E-state index contributed by atoms with van der Waals surface area (Å²) in [5, 5.41) is 12.5. The monoisotopic (exact) mass is 519 g/mol. The minimum atomic E-state index is -0.544. The van der Waals surface area contributed by atoms with Gasteiger partial charge in [0, 0.05) is 17.6 Å². The molecule has 0 aromatic carbocycles. The first-order valence-corrected chi connectivity index (χ1v) is 13.4. The zero-order chi connectivity index (χ0) is 26.1. The number of nitrogens with one attached hydrogen (secondary N) is 2. The molecule has 0 bridgehead atoms. The standard InChI is InChI=1S/C27H29N5O4S/c1-3-4-8-14-32-22(28)17(15-18-23(32)29-20-12-7-9-13-31(20)26(18)34)24(33)30-25-21(27(35)36-2)16-10-5-6-11-19(16)37-25/h7,9,12-13,15,28H,3-6,8,10-11,14H2,1-2H3,(H,30,33). The molecule has 192 valence electrons. The van der Waals surface area contributed by atoms with E-state index >= 15 is 0 Å². The lowest BCUT2D eigenvalue weighted by Crippen LogP contribution is -2.32. The fraction of sp³-hybridized carbons (Fsp3) is 0.370. The van der Waals surface area contributed by atoms with Crippen molar-refractivity contribution in [3.63, 3.8) is 0 Å². The van der Waals surface area contributed by atoms with Crippen molar-refractivity contribution in [1.82, 2.24) is 14.0 Å². The number of anilines is 1.